The molecule has 0 N–H and O–H groups in total. The van der Waals surface area contributed by atoms with Crippen molar-refractivity contribution in [2.75, 3.05) is 4.90 Å². The first-order valence-electron chi connectivity index (χ1n) is 12.3. The van der Waals surface area contributed by atoms with Crippen molar-refractivity contribution in [1.82, 2.24) is 0 Å². The molecule has 5 rings (SSSR count). The van der Waals surface area contributed by atoms with Crippen LogP contribution in [0.5, 0.6) is 5.75 Å². The lowest BCUT2D eigenvalue weighted by molar-refractivity contribution is -0.113. The number of benzene rings is 4. The fourth-order valence-corrected chi connectivity index (χ4v) is 6.85. The van der Waals surface area contributed by atoms with Gasteiger partial charge in [-0.2, -0.15) is 8.42 Å². The van der Waals surface area contributed by atoms with E-state index in [0.29, 0.717) is 26.6 Å². The van der Waals surface area contributed by atoms with Crippen molar-refractivity contribution in [2.45, 2.75) is 18.7 Å². The average molecular weight is 678 g/mol. The SMILES string of the molecule is Cc1ccc(N=C2S/C(=C/c3cc(Cl)cc(Cl)c3OS(=O)(=O)c3ccccc3)C(=O)N2c2ccc(C)c(Cl)c2)cc1Cl. The number of hydrogen-bond donors (Lipinski definition) is 0. The number of carbonyl (C=O) groups excluding carboxylic acids is 1. The highest BCUT2D eigenvalue weighted by Crippen LogP contribution is 2.42. The zero-order chi connectivity index (χ0) is 30.2. The monoisotopic (exact) mass is 676 g/mol. The van der Waals surface area contributed by atoms with E-state index in [0.717, 1.165) is 22.9 Å². The maximum Gasteiger partial charge on any atom is 0.339 e. The summed E-state index contributed by atoms with van der Waals surface area (Å²) < 4.78 is 31.6. The third-order valence-corrected chi connectivity index (χ3v) is 9.67. The summed E-state index contributed by atoms with van der Waals surface area (Å²) >= 11 is 26.5. The highest BCUT2D eigenvalue weighted by Gasteiger charge is 2.35. The minimum Gasteiger partial charge on any atom is -0.377 e. The van der Waals surface area contributed by atoms with Crippen LogP contribution in [-0.4, -0.2) is 19.5 Å². The van der Waals surface area contributed by atoms with Crippen LogP contribution in [0.3, 0.4) is 0 Å². The molecule has 1 aliphatic rings. The van der Waals surface area contributed by atoms with E-state index in [2.05, 4.69) is 0 Å². The summed E-state index contributed by atoms with van der Waals surface area (Å²) in [6.45, 7) is 3.73. The summed E-state index contributed by atoms with van der Waals surface area (Å²) in [6, 6.07) is 21.0. The largest absolute Gasteiger partial charge is 0.377 e. The predicted octanol–water partition coefficient (Wildman–Crippen LogP) is 9.49. The van der Waals surface area contributed by atoms with E-state index in [1.54, 1.807) is 48.5 Å². The number of amides is 1. The highest BCUT2D eigenvalue weighted by atomic mass is 35.5. The second-order valence-corrected chi connectivity index (χ2v) is 13.4. The molecule has 1 aliphatic heterocycles. The van der Waals surface area contributed by atoms with Gasteiger partial charge in [0.2, 0.25) is 0 Å². The van der Waals surface area contributed by atoms with Crippen molar-refractivity contribution in [1.29, 1.82) is 0 Å². The van der Waals surface area contributed by atoms with Crippen LogP contribution >= 0.6 is 58.2 Å². The Morgan fingerprint density at radius 3 is 2.17 bits per heavy atom. The van der Waals surface area contributed by atoms with Crippen molar-refractivity contribution < 1.29 is 17.4 Å². The van der Waals surface area contributed by atoms with Gasteiger partial charge >= 0.3 is 10.1 Å². The van der Waals surface area contributed by atoms with Gasteiger partial charge in [-0.25, -0.2) is 4.99 Å². The molecule has 42 heavy (non-hydrogen) atoms. The van der Waals surface area contributed by atoms with Gasteiger partial charge in [0.25, 0.3) is 5.91 Å². The second kappa shape index (κ2) is 12.3. The number of nitrogens with zero attached hydrogens (tertiary/aromatic N) is 2. The standard InChI is InChI=1S/C30H20Cl4N2O4S2/c1-17-8-10-21(15-24(17)32)35-30-36(22-11-9-18(2)25(33)16-22)29(37)27(41-30)13-19-12-20(31)14-26(34)28(19)40-42(38,39)23-6-4-3-5-7-23/h3-16H,1-2H3/b27-13+,35-30?. The Hall–Kier alpha value is -2.98. The summed E-state index contributed by atoms with van der Waals surface area (Å²) in [5.41, 5.74) is 2.94. The van der Waals surface area contributed by atoms with Crippen LogP contribution in [0.1, 0.15) is 16.7 Å². The molecule has 214 valence electrons. The molecule has 0 aromatic heterocycles. The molecular weight excluding hydrogens is 658 g/mol. The summed E-state index contributed by atoms with van der Waals surface area (Å²) in [4.78, 5) is 20.2. The van der Waals surface area contributed by atoms with Crippen LogP contribution in [0.25, 0.3) is 6.08 Å². The quantitative estimate of drug-likeness (QED) is 0.150. The Morgan fingerprint density at radius 2 is 1.50 bits per heavy atom. The summed E-state index contributed by atoms with van der Waals surface area (Å²) in [7, 11) is -4.25. The van der Waals surface area contributed by atoms with Crippen molar-refractivity contribution >= 4 is 96.8 Å². The first-order valence-corrected chi connectivity index (χ1v) is 16.0. The molecule has 1 fully saturated rings. The summed E-state index contributed by atoms with van der Waals surface area (Å²) in [5, 5.41) is 1.51. The molecule has 0 spiro atoms. The van der Waals surface area contributed by atoms with Crippen molar-refractivity contribution in [3.05, 3.63) is 121 Å². The number of aryl methyl sites for hydroxylation is 2. The van der Waals surface area contributed by atoms with E-state index in [1.807, 2.05) is 19.9 Å². The van der Waals surface area contributed by atoms with Crippen molar-refractivity contribution in [3.63, 3.8) is 0 Å². The van der Waals surface area contributed by atoms with Gasteiger partial charge in [0.05, 0.1) is 21.3 Å². The Labute approximate surface area is 267 Å². The van der Waals surface area contributed by atoms with Crippen molar-refractivity contribution in [2.24, 2.45) is 4.99 Å². The molecule has 0 aliphatic carbocycles. The Balaban J connectivity index is 1.62. The normalized spacial score (nSPS) is 15.6. The Kier molecular flexibility index (Phi) is 8.94. The molecule has 4 aromatic carbocycles. The zero-order valence-corrected chi connectivity index (χ0v) is 26.6. The van der Waals surface area contributed by atoms with Crippen LogP contribution in [0.4, 0.5) is 11.4 Å². The molecular formula is C30H20Cl4N2O4S2. The number of halogens is 4. The molecule has 0 radical (unpaired) electrons. The van der Waals surface area contributed by atoms with Gasteiger partial charge in [-0.15, -0.1) is 0 Å². The van der Waals surface area contributed by atoms with Crippen LogP contribution in [0.2, 0.25) is 20.1 Å². The molecule has 4 aromatic rings. The number of aliphatic imine (C=N–C) groups is 1. The van der Waals surface area contributed by atoms with E-state index in [9.17, 15) is 13.2 Å². The van der Waals surface area contributed by atoms with Crippen LogP contribution in [0, 0.1) is 13.8 Å². The van der Waals surface area contributed by atoms with Gasteiger partial charge in [-0.05, 0) is 91.3 Å². The minimum atomic E-state index is -4.25. The molecule has 0 unspecified atom stereocenters. The lowest BCUT2D eigenvalue weighted by atomic mass is 10.1. The molecule has 1 saturated heterocycles. The molecule has 1 amide bonds. The number of anilines is 1. The smallest absolute Gasteiger partial charge is 0.339 e. The first-order chi connectivity index (χ1) is 19.9. The summed E-state index contributed by atoms with van der Waals surface area (Å²) in [6.07, 6.45) is 1.47. The third kappa shape index (κ3) is 6.49. The van der Waals surface area contributed by atoms with Gasteiger partial charge in [0, 0.05) is 20.6 Å². The maximum atomic E-state index is 13.9. The maximum absolute atomic E-state index is 13.9. The van der Waals surface area contributed by atoms with Crippen LogP contribution in [-0.2, 0) is 14.9 Å². The molecule has 0 bridgehead atoms. The molecule has 0 atom stereocenters. The van der Waals surface area contributed by atoms with Crippen LogP contribution < -0.4 is 9.08 Å². The lowest BCUT2D eigenvalue weighted by Crippen LogP contribution is -2.28. The topological polar surface area (TPSA) is 76.0 Å². The second-order valence-electron chi connectivity index (χ2n) is 9.17. The van der Waals surface area contributed by atoms with Gasteiger partial charge in [-0.3, -0.25) is 9.69 Å². The van der Waals surface area contributed by atoms with Gasteiger partial charge < -0.3 is 4.18 Å². The Bertz CT molecular complexity index is 1900. The number of hydrogen-bond acceptors (Lipinski definition) is 6. The molecule has 12 heteroatoms. The number of carbonyl (C=O) groups is 1. The fourth-order valence-electron chi connectivity index (χ4n) is 3.92. The number of thioether (sulfide) groups is 1. The van der Waals surface area contributed by atoms with E-state index >= 15 is 0 Å². The number of rotatable bonds is 6. The first kappa shape index (κ1) is 30.5. The van der Waals surface area contributed by atoms with Gasteiger partial charge in [0.15, 0.2) is 10.9 Å². The molecule has 0 saturated carbocycles. The fraction of sp³-hybridized carbons (Fsp3) is 0.0667. The predicted molar refractivity (Wildman–Crippen MR) is 173 cm³/mol. The average Bonchev–Trinajstić information content (AvgIpc) is 3.24. The van der Waals surface area contributed by atoms with Crippen molar-refractivity contribution in [3.8, 4) is 5.75 Å². The minimum absolute atomic E-state index is 0.0466. The molecule has 6 nitrogen and oxygen atoms in total. The van der Waals surface area contributed by atoms with E-state index in [1.165, 1.54) is 35.2 Å². The van der Waals surface area contributed by atoms with E-state index < -0.39 is 16.0 Å². The van der Waals surface area contributed by atoms with Gasteiger partial charge in [-0.1, -0.05) is 76.7 Å². The van der Waals surface area contributed by atoms with E-state index in [4.69, 9.17) is 55.6 Å². The zero-order valence-electron chi connectivity index (χ0n) is 21.9. The van der Waals surface area contributed by atoms with E-state index in [-0.39, 0.29) is 31.2 Å². The molecule has 1 heterocycles. The lowest BCUT2D eigenvalue weighted by Gasteiger charge is -2.17. The third-order valence-electron chi connectivity index (χ3n) is 6.15. The Morgan fingerprint density at radius 1 is 0.833 bits per heavy atom. The van der Waals surface area contributed by atoms with Crippen LogP contribution in [0.15, 0.2) is 93.7 Å². The van der Waals surface area contributed by atoms with Gasteiger partial charge in [0.1, 0.15) is 4.90 Å². The highest BCUT2D eigenvalue weighted by molar-refractivity contribution is 8.19. The number of amidine groups is 1. The summed E-state index contributed by atoms with van der Waals surface area (Å²) in [5.74, 6) is -0.601.